The lowest BCUT2D eigenvalue weighted by atomic mass is 10.1. The van der Waals surface area contributed by atoms with Crippen LogP contribution in [0, 0.1) is 0 Å². The number of nitrogens with zero attached hydrogens (tertiary/aromatic N) is 1. The van der Waals surface area contributed by atoms with Crippen LogP contribution in [0.5, 0.6) is 17.2 Å². The summed E-state index contributed by atoms with van der Waals surface area (Å²) in [6, 6.07) is 9.08. The quantitative estimate of drug-likeness (QED) is 0.595. The fraction of sp³-hybridized carbons (Fsp3) is 0.409. The highest BCUT2D eigenvalue weighted by Gasteiger charge is 2.24. The largest absolute Gasteiger partial charge is 0.490 e. The molecule has 0 aliphatic carbocycles. The van der Waals surface area contributed by atoms with Gasteiger partial charge in [-0.15, -0.1) is 0 Å². The monoisotopic (exact) mass is 450 g/mol. The van der Waals surface area contributed by atoms with Crippen LogP contribution in [0.4, 0.5) is 0 Å². The van der Waals surface area contributed by atoms with E-state index in [0.29, 0.717) is 48.2 Å². The third-order valence-corrected chi connectivity index (χ3v) is 5.64. The second-order valence-corrected chi connectivity index (χ2v) is 8.37. The van der Waals surface area contributed by atoms with Gasteiger partial charge < -0.3 is 19.1 Å². The number of sulfonamides is 1. The lowest BCUT2D eigenvalue weighted by Gasteiger charge is -2.26. The Balaban J connectivity index is 2.42. The molecule has 2 rings (SSSR count). The highest BCUT2D eigenvalue weighted by molar-refractivity contribution is 7.89. The zero-order chi connectivity index (χ0) is 23.2. The Hall–Kier alpha value is -2.78. The van der Waals surface area contributed by atoms with E-state index in [1.807, 2.05) is 27.7 Å². The molecule has 0 saturated carbocycles. The van der Waals surface area contributed by atoms with Crippen molar-refractivity contribution >= 4 is 15.9 Å². The summed E-state index contributed by atoms with van der Waals surface area (Å²) < 4.78 is 40.4. The third-order valence-electron chi connectivity index (χ3n) is 4.73. The fourth-order valence-electron chi connectivity index (χ4n) is 3.07. The van der Waals surface area contributed by atoms with Gasteiger partial charge in [-0.05, 0) is 57.5 Å². The smallest absolute Gasteiger partial charge is 0.254 e. The molecule has 1 unspecified atom stereocenters. The Bertz CT molecular complexity index is 995. The van der Waals surface area contributed by atoms with E-state index in [1.165, 1.54) is 17.0 Å². The molecule has 170 valence electrons. The molecule has 2 N–H and O–H groups in total. The number of hydrogen-bond acceptors (Lipinski definition) is 6. The molecule has 0 fully saturated rings. The first-order valence-corrected chi connectivity index (χ1v) is 11.6. The summed E-state index contributed by atoms with van der Waals surface area (Å²) in [6.07, 6.45) is 0. The average Bonchev–Trinajstić information content (AvgIpc) is 2.74. The third kappa shape index (κ3) is 5.89. The molecule has 2 aromatic carbocycles. The number of carbonyl (C=O) groups is 1. The highest BCUT2D eigenvalue weighted by Crippen LogP contribution is 2.39. The Morgan fingerprint density at radius 3 is 2.03 bits per heavy atom. The Morgan fingerprint density at radius 1 is 1.00 bits per heavy atom. The molecule has 0 aliphatic heterocycles. The Morgan fingerprint density at radius 2 is 1.55 bits per heavy atom. The molecule has 2 aromatic rings. The maximum atomic E-state index is 13.3. The summed E-state index contributed by atoms with van der Waals surface area (Å²) in [5.41, 5.74) is 1.01. The molecule has 0 radical (unpaired) electrons. The van der Waals surface area contributed by atoms with E-state index in [-0.39, 0.29) is 10.8 Å². The number of amides is 1. The molecule has 0 heterocycles. The van der Waals surface area contributed by atoms with Gasteiger partial charge in [0.05, 0.1) is 30.8 Å². The van der Waals surface area contributed by atoms with Gasteiger partial charge in [-0.1, -0.05) is 12.1 Å². The zero-order valence-corrected chi connectivity index (χ0v) is 19.4. The minimum atomic E-state index is -3.84. The molecule has 9 heteroatoms. The average molecular weight is 451 g/mol. The van der Waals surface area contributed by atoms with Crippen molar-refractivity contribution in [3.63, 3.8) is 0 Å². The molecule has 8 nitrogen and oxygen atoms in total. The van der Waals surface area contributed by atoms with Gasteiger partial charge in [0.2, 0.25) is 15.8 Å². The molecular formula is C22H30N2O6S. The van der Waals surface area contributed by atoms with Crippen LogP contribution in [0.25, 0.3) is 0 Å². The Labute approximate surface area is 184 Å². The van der Waals surface area contributed by atoms with Gasteiger partial charge in [0.15, 0.2) is 11.5 Å². The molecule has 0 bridgehead atoms. The fourth-order valence-corrected chi connectivity index (χ4v) is 3.64. The summed E-state index contributed by atoms with van der Waals surface area (Å²) in [4.78, 5) is 14.8. The van der Waals surface area contributed by atoms with Gasteiger partial charge in [0, 0.05) is 12.6 Å². The van der Waals surface area contributed by atoms with Crippen LogP contribution in [0.1, 0.15) is 49.7 Å². The minimum Gasteiger partial charge on any atom is -0.490 e. The van der Waals surface area contributed by atoms with Crippen molar-refractivity contribution in [1.82, 2.24) is 4.90 Å². The number of primary sulfonamides is 1. The summed E-state index contributed by atoms with van der Waals surface area (Å²) >= 11 is 0. The first-order valence-electron chi connectivity index (χ1n) is 10.1. The predicted molar refractivity (Wildman–Crippen MR) is 118 cm³/mol. The van der Waals surface area contributed by atoms with E-state index >= 15 is 0 Å². The number of hydrogen-bond donors (Lipinski definition) is 1. The highest BCUT2D eigenvalue weighted by atomic mass is 32.2. The normalized spacial score (nSPS) is 12.2. The first kappa shape index (κ1) is 24.5. The van der Waals surface area contributed by atoms with E-state index in [9.17, 15) is 13.2 Å². The van der Waals surface area contributed by atoms with E-state index in [4.69, 9.17) is 19.3 Å². The SMILES string of the molecule is CCOc1cc(C(=O)N(C)C(C)c2cccc(S(N)(=O)=O)c2)cc(OCC)c1OCC. The topological polar surface area (TPSA) is 108 Å². The van der Waals surface area contributed by atoms with Crippen molar-refractivity contribution in [2.45, 2.75) is 38.6 Å². The van der Waals surface area contributed by atoms with Gasteiger partial charge in [-0.25, -0.2) is 13.6 Å². The second kappa shape index (κ2) is 10.5. The standard InChI is InChI=1S/C22H30N2O6S/c1-6-28-19-13-17(14-20(29-7-2)21(19)30-8-3)22(25)24(5)15(4)16-10-9-11-18(12-16)31(23,26)27/h9-15H,6-8H2,1-5H3,(H2,23,26,27). The van der Waals surface area contributed by atoms with E-state index in [1.54, 1.807) is 31.3 Å². The molecule has 0 saturated heterocycles. The van der Waals surface area contributed by atoms with Crippen LogP contribution in [0.3, 0.4) is 0 Å². The van der Waals surface area contributed by atoms with Crippen LogP contribution in [-0.2, 0) is 10.0 Å². The number of benzene rings is 2. The maximum Gasteiger partial charge on any atom is 0.254 e. The van der Waals surface area contributed by atoms with E-state index in [0.717, 1.165) is 0 Å². The zero-order valence-electron chi connectivity index (χ0n) is 18.5. The van der Waals surface area contributed by atoms with Crippen molar-refractivity contribution in [1.29, 1.82) is 0 Å². The molecule has 0 aromatic heterocycles. The van der Waals surface area contributed by atoms with Crippen LogP contribution < -0.4 is 19.3 Å². The molecule has 0 spiro atoms. The molecule has 0 aliphatic rings. The van der Waals surface area contributed by atoms with Crippen molar-refractivity contribution < 1.29 is 27.4 Å². The second-order valence-electron chi connectivity index (χ2n) is 6.81. The van der Waals surface area contributed by atoms with E-state index < -0.39 is 16.1 Å². The predicted octanol–water partition coefficient (Wildman–Crippen LogP) is 3.36. The van der Waals surface area contributed by atoms with Gasteiger partial charge in [0.25, 0.3) is 5.91 Å². The number of nitrogens with two attached hydrogens (primary N) is 1. The maximum absolute atomic E-state index is 13.3. The molecule has 31 heavy (non-hydrogen) atoms. The summed E-state index contributed by atoms with van der Waals surface area (Å²) in [7, 11) is -2.19. The van der Waals surface area contributed by atoms with Gasteiger partial charge in [-0.2, -0.15) is 0 Å². The van der Waals surface area contributed by atoms with Crippen molar-refractivity contribution in [2.24, 2.45) is 5.14 Å². The molecule has 1 atom stereocenters. The summed E-state index contributed by atoms with van der Waals surface area (Å²) in [5, 5.41) is 5.23. The summed E-state index contributed by atoms with van der Waals surface area (Å²) in [6.45, 7) is 8.57. The van der Waals surface area contributed by atoms with Crippen LogP contribution >= 0.6 is 0 Å². The number of ether oxygens (including phenoxy) is 3. The lowest BCUT2D eigenvalue weighted by molar-refractivity contribution is 0.0741. The number of carbonyl (C=O) groups excluding carboxylic acids is 1. The van der Waals surface area contributed by atoms with Gasteiger partial charge >= 0.3 is 0 Å². The van der Waals surface area contributed by atoms with Crippen molar-refractivity contribution in [2.75, 3.05) is 26.9 Å². The molecular weight excluding hydrogens is 420 g/mol. The first-order chi connectivity index (χ1) is 14.6. The van der Waals surface area contributed by atoms with Crippen molar-refractivity contribution in [3.05, 3.63) is 47.5 Å². The Kier molecular flexibility index (Phi) is 8.29. The molecule has 1 amide bonds. The van der Waals surface area contributed by atoms with Gasteiger partial charge in [-0.3, -0.25) is 4.79 Å². The lowest BCUT2D eigenvalue weighted by Crippen LogP contribution is -2.30. The van der Waals surface area contributed by atoms with Crippen LogP contribution in [0.15, 0.2) is 41.3 Å². The minimum absolute atomic E-state index is 0.00368. The number of rotatable bonds is 10. The van der Waals surface area contributed by atoms with Crippen LogP contribution in [0.2, 0.25) is 0 Å². The van der Waals surface area contributed by atoms with Crippen molar-refractivity contribution in [3.8, 4) is 17.2 Å². The van der Waals surface area contributed by atoms with Crippen LogP contribution in [-0.4, -0.2) is 46.1 Å². The van der Waals surface area contributed by atoms with E-state index in [2.05, 4.69) is 0 Å². The summed E-state index contributed by atoms with van der Waals surface area (Å²) in [5.74, 6) is 1.03. The van der Waals surface area contributed by atoms with Gasteiger partial charge in [0.1, 0.15) is 0 Å².